The molecule has 0 aromatic heterocycles. The molecule has 1 rings (SSSR count). The van der Waals surface area contributed by atoms with E-state index in [0.29, 0.717) is 0 Å². The molecule has 0 radical (unpaired) electrons. The average molecular weight is 270 g/mol. The molecule has 1 saturated carbocycles. The predicted molar refractivity (Wildman–Crippen MR) is 82.6 cm³/mol. The van der Waals surface area contributed by atoms with Gasteiger partial charge in [0.25, 0.3) is 0 Å². The molecule has 3 heteroatoms. The first-order chi connectivity index (χ1) is 9.12. The van der Waals surface area contributed by atoms with E-state index in [1.165, 1.54) is 25.7 Å². The van der Waals surface area contributed by atoms with Gasteiger partial charge < -0.3 is 15.0 Å². The molecule has 19 heavy (non-hydrogen) atoms. The maximum atomic E-state index is 6.23. The summed E-state index contributed by atoms with van der Waals surface area (Å²) in [5, 5.41) is 3.54. The number of ether oxygens (including phenoxy) is 1. The highest BCUT2D eigenvalue weighted by Gasteiger charge is 2.37. The summed E-state index contributed by atoms with van der Waals surface area (Å²) >= 11 is 0. The van der Waals surface area contributed by atoms with Gasteiger partial charge in [-0.15, -0.1) is 0 Å². The number of nitrogens with one attached hydrogen (secondary N) is 1. The van der Waals surface area contributed by atoms with Crippen molar-refractivity contribution < 1.29 is 4.74 Å². The zero-order valence-corrected chi connectivity index (χ0v) is 13.5. The number of hydrogen-bond donors (Lipinski definition) is 1. The van der Waals surface area contributed by atoms with Gasteiger partial charge in [0.2, 0.25) is 0 Å². The van der Waals surface area contributed by atoms with Gasteiger partial charge in [-0.2, -0.15) is 0 Å². The van der Waals surface area contributed by atoms with Crippen LogP contribution in [0.25, 0.3) is 0 Å². The Morgan fingerprint density at radius 1 is 1.21 bits per heavy atom. The van der Waals surface area contributed by atoms with Crippen LogP contribution in [0.2, 0.25) is 0 Å². The minimum atomic E-state index is 0.205. The molecule has 1 N–H and O–H groups in total. The van der Waals surface area contributed by atoms with Gasteiger partial charge in [-0.25, -0.2) is 0 Å². The Labute approximate surface area is 120 Å². The molecule has 1 aliphatic carbocycles. The van der Waals surface area contributed by atoms with E-state index in [0.717, 1.165) is 45.2 Å². The van der Waals surface area contributed by atoms with Gasteiger partial charge in [0.1, 0.15) is 0 Å². The molecule has 0 aromatic carbocycles. The van der Waals surface area contributed by atoms with Crippen molar-refractivity contribution in [1.29, 1.82) is 0 Å². The fourth-order valence-electron chi connectivity index (χ4n) is 2.68. The van der Waals surface area contributed by atoms with Gasteiger partial charge in [-0.1, -0.05) is 27.7 Å². The lowest BCUT2D eigenvalue weighted by molar-refractivity contribution is -0.108. The zero-order valence-electron chi connectivity index (χ0n) is 13.5. The van der Waals surface area contributed by atoms with Crippen LogP contribution < -0.4 is 5.32 Å². The summed E-state index contributed by atoms with van der Waals surface area (Å²) in [6, 6.07) is 0. The fourth-order valence-corrected chi connectivity index (χ4v) is 2.68. The lowest BCUT2D eigenvalue weighted by atomic mass is 9.77. The Balaban J connectivity index is 2.16. The number of nitrogens with zero attached hydrogens (tertiary/aromatic N) is 1. The third kappa shape index (κ3) is 6.24. The highest BCUT2D eigenvalue weighted by molar-refractivity contribution is 4.90. The summed E-state index contributed by atoms with van der Waals surface area (Å²) in [5.41, 5.74) is 0.205. The summed E-state index contributed by atoms with van der Waals surface area (Å²) in [4.78, 5) is 2.43. The van der Waals surface area contributed by atoms with Gasteiger partial charge in [-0.05, 0) is 57.8 Å². The molecule has 0 bridgehead atoms. The number of likely N-dealkylation sites (N-methyl/N-ethyl adjacent to an activating group) is 1. The second-order valence-electron chi connectivity index (χ2n) is 6.26. The highest BCUT2D eigenvalue weighted by atomic mass is 16.5. The number of rotatable bonds is 11. The Hall–Kier alpha value is -0.120. The fraction of sp³-hybridized carbons (Fsp3) is 1.00. The second kappa shape index (κ2) is 8.93. The molecule has 0 heterocycles. The average Bonchev–Trinajstić information content (AvgIpc) is 2.35. The summed E-state index contributed by atoms with van der Waals surface area (Å²) in [6.07, 6.45) is 5.04. The van der Waals surface area contributed by atoms with E-state index in [-0.39, 0.29) is 5.60 Å². The Bertz CT molecular complexity index is 223. The Morgan fingerprint density at radius 2 is 1.89 bits per heavy atom. The first-order valence-electron chi connectivity index (χ1n) is 8.19. The van der Waals surface area contributed by atoms with Crippen LogP contribution in [-0.4, -0.2) is 49.8 Å². The third-order valence-corrected chi connectivity index (χ3v) is 4.28. The SMILES string of the molecule is CCN(CC)CCOC1(CCNCC(C)C)CCC1. The lowest BCUT2D eigenvalue weighted by Crippen LogP contribution is -2.44. The van der Waals surface area contributed by atoms with E-state index >= 15 is 0 Å². The summed E-state index contributed by atoms with van der Waals surface area (Å²) in [6.45, 7) is 15.4. The maximum absolute atomic E-state index is 6.23. The molecule has 3 nitrogen and oxygen atoms in total. The van der Waals surface area contributed by atoms with Crippen molar-refractivity contribution >= 4 is 0 Å². The van der Waals surface area contributed by atoms with Crippen LogP contribution in [-0.2, 0) is 4.74 Å². The van der Waals surface area contributed by atoms with Crippen LogP contribution in [0.15, 0.2) is 0 Å². The maximum Gasteiger partial charge on any atom is 0.0695 e. The molecular formula is C16H34N2O. The van der Waals surface area contributed by atoms with E-state index in [4.69, 9.17) is 4.74 Å². The van der Waals surface area contributed by atoms with Crippen LogP contribution in [0.3, 0.4) is 0 Å². The Morgan fingerprint density at radius 3 is 2.37 bits per heavy atom. The lowest BCUT2D eigenvalue weighted by Gasteiger charge is -2.42. The normalized spacial score (nSPS) is 18.0. The van der Waals surface area contributed by atoms with Crippen LogP contribution in [0.1, 0.15) is 53.4 Å². The molecule has 0 aliphatic heterocycles. The van der Waals surface area contributed by atoms with E-state index in [9.17, 15) is 0 Å². The minimum Gasteiger partial charge on any atom is -0.374 e. The van der Waals surface area contributed by atoms with Crippen LogP contribution in [0.5, 0.6) is 0 Å². The van der Waals surface area contributed by atoms with Crippen molar-refractivity contribution in [3.05, 3.63) is 0 Å². The van der Waals surface area contributed by atoms with Crippen molar-refractivity contribution in [1.82, 2.24) is 10.2 Å². The van der Waals surface area contributed by atoms with Gasteiger partial charge in [0.15, 0.2) is 0 Å². The van der Waals surface area contributed by atoms with Crippen molar-refractivity contribution in [3.8, 4) is 0 Å². The van der Waals surface area contributed by atoms with E-state index in [1.807, 2.05) is 0 Å². The topological polar surface area (TPSA) is 24.5 Å². The van der Waals surface area contributed by atoms with Crippen molar-refractivity contribution in [2.24, 2.45) is 5.92 Å². The monoisotopic (exact) mass is 270 g/mol. The molecule has 1 aliphatic rings. The van der Waals surface area contributed by atoms with Crippen LogP contribution in [0.4, 0.5) is 0 Å². The van der Waals surface area contributed by atoms with E-state index in [1.54, 1.807) is 0 Å². The standard InChI is InChI=1S/C16H34N2O/c1-5-18(6-2)12-13-19-16(8-7-9-16)10-11-17-14-15(3)4/h15,17H,5-14H2,1-4H3. The molecule has 114 valence electrons. The first kappa shape index (κ1) is 16.9. The molecule has 0 aromatic rings. The molecule has 0 unspecified atom stereocenters. The van der Waals surface area contributed by atoms with Gasteiger partial charge >= 0.3 is 0 Å². The molecule has 0 atom stereocenters. The summed E-state index contributed by atoms with van der Waals surface area (Å²) < 4.78 is 6.23. The summed E-state index contributed by atoms with van der Waals surface area (Å²) in [5.74, 6) is 0.737. The first-order valence-corrected chi connectivity index (χ1v) is 8.19. The van der Waals surface area contributed by atoms with Crippen LogP contribution in [0, 0.1) is 5.92 Å². The molecule has 0 amide bonds. The smallest absolute Gasteiger partial charge is 0.0695 e. The third-order valence-electron chi connectivity index (χ3n) is 4.28. The van der Waals surface area contributed by atoms with E-state index < -0.39 is 0 Å². The minimum absolute atomic E-state index is 0.205. The molecule has 0 saturated heterocycles. The van der Waals surface area contributed by atoms with Gasteiger partial charge in [-0.3, -0.25) is 0 Å². The zero-order chi connectivity index (χ0) is 14.1. The van der Waals surface area contributed by atoms with Gasteiger partial charge in [0, 0.05) is 6.54 Å². The molecule has 0 spiro atoms. The largest absolute Gasteiger partial charge is 0.374 e. The molecular weight excluding hydrogens is 236 g/mol. The summed E-state index contributed by atoms with van der Waals surface area (Å²) in [7, 11) is 0. The van der Waals surface area contributed by atoms with Crippen molar-refractivity contribution in [2.45, 2.75) is 59.0 Å². The predicted octanol–water partition coefficient (Wildman–Crippen LogP) is 2.90. The Kier molecular flexibility index (Phi) is 7.96. The van der Waals surface area contributed by atoms with Crippen molar-refractivity contribution in [3.63, 3.8) is 0 Å². The van der Waals surface area contributed by atoms with Crippen molar-refractivity contribution in [2.75, 3.05) is 39.3 Å². The quantitative estimate of drug-likeness (QED) is 0.584. The second-order valence-corrected chi connectivity index (χ2v) is 6.26. The number of hydrogen-bond acceptors (Lipinski definition) is 3. The molecule has 1 fully saturated rings. The van der Waals surface area contributed by atoms with Crippen LogP contribution >= 0.6 is 0 Å². The van der Waals surface area contributed by atoms with Gasteiger partial charge in [0.05, 0.1) is 12.2 Å². The highest BCUT2D eigenvalue weighted by Crippen LogP contribution is 2.38. The van der Waals surface area contributed by atoms with E-state index in [2.05, 4.69) is 37.9 Å².